The van der Waals surface area contributed by atoms with E-state index in [1.165, 1.54) is 19.5 Å². The fourth-order valence-electron chi connectivity index (χ4n) is 0.793. The van der Waals surface area contributed by atoms with Gasteiger partial charge >= 0.3 is 0 Å². The maximum atomic E-state index is 2.41. The fourth-order valence-corrected chi connectivity index (χ4v) is 0.793. The van der Waals surface area contributed by atoms with Crippen LogP contribution in [0.4, 0.5) is 0 Å². The van der Waals surface area contributed by atoms with Gasteiger partial charge in [-0.3, -0.25) is 0 Å². The molecule has 55 valence electrons. The summed E-state index contributed by atoms with van der Waals surface area (Å²) >= 11 is 0. The minimum Gasteiger partial charge on any atom is -0.304 e. The molecule has 0 heterocycles. The van der Waals surface area contributed by atoms with Crippen LogP contribution in [0.15, 0.2) is 0 Å². The zero-order valence-corrected chi connectivity index (χ0v) is 6.85. The highest BCUT2D eigenvalue weighted by Crippen LogP contribution is 1.91. The lowest BCUT2D eigenvalue weighted by Crippen LogP contribution is -2.23. The highest BCUT2D eigenvalue weighted by atomic mass is 15.1. The average molecular weight is 128 g/mol. The third kappa shape index (κ3) is 4.46. The molecule has 0 spiro atoms. The van der Waals surface area contributed by atoms with E-state index in [9.17, 15) is 0 Å². The third-order valence-electron chi connectivity index (χ3n) is 1.57. The van der Waals surface area contributed by atoms with Gasteiger partial charge in [0.25, 0.3) is 0 Å². The van der Waals surface area contributed by atoms with Crippen LogP contribution in [0.2, 0.25) is 0 Å². The van der Waals surface area contributed by atoms with E-state index in [1.807, 2.05) is 0 Å². The Morgan fingerprint density at radius 1 is 1.11 bits per heavy atom. The predicted molar refractivity (Wildman–Crippen MR) is 42.4 cm³/mol. The summed E-state index contributed by atoms with van der Waals surface area (Å²) in [5.74, 6) is 0. The SMILES string of the molecule is CC[CH]CN(CC)CC. The molecule has 1 heteroatoms. The third-order valence-corrected chi connectivity index (χ3v) is 1.57. The number of unbranched alkanes of at least 4 members (excludes halogenated alkanes) is 1. The Morgan fingerprint density at radius 2 is 1.67 bits per heavy atom. The summed E-state index contributed by atoms with van der Waals surface area (Å²) in [6.45, 7) is 10.1. The molecule has 0 saturated heterocycles. The van der Waals surface area contributed by atoms with E-state index >= 15 is 0 Å². The molecule has 0 N–H and O–H groups in total. The quantitative estimate of drug-likeness (QED) is 0.547. The second kappa shape index (κ2) is 6.09. The van der Waals surface area contributed by atoms with E-state index in [0.717, 1.165) is 6.54 Å². The molecule has 1 radical (unpaired) electrons. The van der Waals surface area contributed by atoms with Gasteiger partial charge in [0.15, 0.2) is 0 Å². The van der Waals surface area contributed by atoms with Gasteiger partial charge in [0.2, 0.25) is 0 Å². The molecule has 0 aromatic heterocycles. The topological polar surface area (TPSA) is 3.24 Å². The summed E-state index contributed by atoms with van der Waals surface area (Å²) in [6, 6.07) is 0. The van der Waals surface area contributed by atoms with Crippen molar-refractivity contribution in [2.24, 2.45) is 0 Å². The van der Waals surface area contributed by atoms with E-state index in [-0.39, 0.29) is 0 Å². The monoisotopic (exact) mass is 128 g/mol. The van der Waals surface area contributed by atoms with Crippen LogP contribution in [0.3, 0.4) is 0 Å². The highest BCUT2D eigenvalue weighted by molar-refractivity contribution is 4.66. The lowest BCUT2D eigenvalue weighted by Gasteiger charge is -2.16. The van der Waals surface area contributed by atoms with Crippen LogP contribution in [0.25, 0.3) is 0 Å². The van der Waals surface area contributed by atoms with Gasteiger partial charge < -0.3 is 4.90 Å². The van der Waals surface area contributed by atoms with E-state index in [4.69, 9.17) is 0 Å². The first kappa shape index (κ1) is 8.96. The summed E-state index contributed by atoms with van der Waals surface area (Å²) in [5.41, 5.74) is 0. The second-order valence-electron chi connectivity index (χ2n) is 2.18. The van der Waals surface area contributed by atoms with Crippen molar-refractivity contribution < 1.29 is 0 Å². The zero-order chi connectivity index (χ0) is 7.11. The molecular formula is C8H18N. The molecule has 0 rings (SSSR count). The molecule has 1 nitrogen and oxygen atoms in total. The molecule has 9 heavy (non-hydrogen) atoms. The van der Waals surface area contributed by atoms with Crippen LogP contribution < -0.4 is 0 Å². The van der Waals surface area contributed by atoms with E-state index in [1.54, 1.807) is 0 Å². The van der Waals surface area contributed by atoms with Gasteiger partial charge in [-0.1, -0.05) is 27.2 Å². The summed E-state index contributed by atoms with van der Waals surface area (Å²) in [6.07, 6.45) is 3.50. The Morgan fingerprint density at radius 3 is 2.00 bits per heavy atom. The Bertz CT molecular complexity index is 48.5. The molecule has 0 atom stereocenters. The summed E-state index contributed by atoms with van der Waals surface area (Å²) in [4.78, 5) is 2.41. The van der Waals surface area contributed by atoms with Crippen molar-refractivity contribution in [2.45, 2.75) is 27.2 Å². The Hall–Kier alpha value is -0.0400. The Kier molecular flexibility index (Phi) is 6.06. The lowest BCUT2D eigenvalue weighted by atomic mass is 10.3. The van der Waals surface area contributed by atoms with Crippen LogP contribution >= 0.6 is 0 Å². The molecular weight excluding hydrogens is 110 g/mol. The normalized spacial score (nSPS) is 10.7. The summed E-state index contributed by atoms with van der Waals surface area (Å²) in [5, 5.41) is 0. The van der Waals surface area contributed by atoms with Gasteiger partial charge in [-0.05, 0) is 19.5 Å². The van der Waals surface area contributed by atoms with Crippen molar-refractivity contribution >= 4 is 0 Å². The minimum atomic E-state index is 1.16. The van der Waals surface area contributed by atoms with Crippen molar-refractivity contribution in [1.82, 2.24) is 4.90 Å². The molecule has 0 fully saturated rings. The molecule has 0 aliphatic heterocycles. The van der Waals surface area contributed by atoms with Gasteiger partial charge in [0, 0.05) is 6.54 Å². The standard InChI is InChI=1S/C8H18N/c1-4-7-8-9(5-2)6-3/h7H,4-6,8H2,1-3H3. The summed E-state index contributed by atoms with van der Waals surface area (Å²) in [7, 11) is 0. The average Bonchev–Trinajstić information content (AvgIpc) is 1.91. The maximum Gasteiger partial charge on any atom is 0.00124 e. The summed E-state index contributed by atoms with van der Waals surface area (Å²) < 4.78 is 0. The predicted octanol–water partition coefficient (Wildman–Crippen LogP) is 1.94. The van der Waals surface area contributed by atoms with Crippen molar-refractivity contribution in [3.05, 3.63) is 6.42 Å². The number of rotatable bonds is 5. The highest BCUT2D eigenvalue weighted by Gasteiger charge is 1.94. The molecule has 0 unspecified atom stereocenters. The van der Waals surface area contributed by atoms with Crippen LogP contribution in [0, 0.1) is 6.42 Å². The van der Waals surface area contributed by atoms with Crippen LogP contribution in [-0.2, 0) is 0 Å². The molecule has 0 aromatic carbocycles. The molecule has 0 saturated carbocycles. The zero-order valence-electron chi connectivity index (χ0n) is 6.85. The molecule has 0 aromatic rings. The Labute approximate surface area is 59.1 Å². The van der Waals surface area contributed by atoms with Crippen molar-refractivity contribution in [3.63, 3.8) is 0 Å². The van der Waals surface area contributed by atoms with E-state index in [2.05, 4.69) is 32.1 Å². The Balaban J connectivity index is 3.09. The largest absolute Gasteiger partial charge is 0.304 e. The van der Waals surface area contributed by atoms with Gasteiger partial charge in [-0.2, -0.15) is 0 Å². The van der Waals surface area contributed by atoms with Crippen molar-refractivity contribution in [1.29, 1.82) is 0 Å². The van der Waals surface area contributed by atoms with Crippen LogP contribution in [0.1, 0.15) is 27.2 Å². The van der Waals surface area contributed by atoms with Crippen molar-refractivity contribution in [3.8, 4) is 0 Å². The van der Waals surface area contributed by atoms with Gasteiger partial charge in [0.1, 0.15) is 0 Å². The lowest BCUT2D eigenvalue weighted by molar-refractivity contribution is 0.325. The van der Waals surface area contributed by atoms with Gasteiger partial charge in [-0.15, -0.1) is 0 Å². The maximum absolute atomic E-state index is 2.41. The van der Waals surface area contributed by atoms with Crippen LogP contribution in [0.5, 0.6) is 0 Å². The smallest absolute Gasteiger partial charge is 0.00124 e. The number of nitrogens with zero attached hydrogens (tertiary/aromatic N) is 1. The van der Waals surface area contributed by atoms with Gasteiger partial charge in [0.05, 0.1) is 0 Å². The molecule has 0 bridgehead atoms. The fraction of sp³-hybridized carbons (Fsp3) is 0.875. The van der Waals surface area contributed by atoms with Crippen molar-refractivity contribution in [2.75, 3.05) is 19.6 Å². The molecule has 0 aliphatic rings. The first-order valence-corrected chi connectivity index (χ1v) is 3.89. The molecule has 0 amide bonds. The number of hydrogen-bond acceptors (Lipinski definition) is 1. The number of hydrogen-bond donors (Lipinski definition) is 0. The van der Waals surface area contributed by atoms with Gasteiger partial charge in [-0.25, -0.2) is 0 Å². The van der Waals surface area contributed by atoms with E-state index in [0.29, 0.717) is 0 Å². The van der Waals surface area contributed by atoms with Crippen LogP contribution in [-0.4, -0.2) is 24.5 Å². The first-order valence-electron chi connectivity index (χ1n) is 3.89. The van der Waals surface area contributed by atoms with E-state index < -0.39 is 0 Å². The minimum absolute atomic E-state index is 1.16. The molecule has 0 aliphatic carbocycles. The first-order chi connectivity index (χ1) is 4.35. The second-order valence-corrected chi connectivity index (χ2v) is 2.18.